The smallest absolute Gasteiger partial charge is 0.0639 e. The standard InChI is InChI=1S/C11H26N2O/c1-10(2)8-13(9-11(3)14)7-6-12(4)5/h10-11,14H,6-9H2,1-5H3. The number of aliphatic hydroxyl groups is 1. The van der Waals surface area contributed by atoms with E-state index in [9.17, 15) is 5.11 Å². The lowest BCUT2D eigenvalue weighted by Crippen LogP contribution is -2.38. The third kappa shape index (κ3) is 8.48. The highest BCUT2D eigenvalue weighted by molar-refractivity contribution is 4.64. The van der Waals surface area contributed by atoms with E-state index in [1.807, 2.05) is 6.92 Å². The number of likely N-dealkylation sites (N-methyl/N-ethyl adjacent to an activating group) is 1. The molecule has 0 amide bonds. The summed E-state index contributed by atoms with van der Waals surface area (Å²) in [7, 11) is 4.16. The van der Waals surface area contributed by atoms with E-state index in [1.165, 1.54) is 0 Å². The van der Waals surface area contributed by atoms with Gasteiger partial charge in [0.25, 0.3) is 0 Å². The van der Waals surface area contributed by atoms with Gasteiger partial charge in [0.15, 0.2) is 0 Å². The van der Waals surface area contributed by atoms with Crippen molar-refractivity contribution in [2.45, 2.75) is 26.9 Å². The fourth-order valence-electron chi connectivity index (χ4n) is 1.49. The summed E-state index contributed by atoms with van der Waals surface area (Å²) in [5.74, 6) is 0.663. The second-order valence-electron chi connectivity index (χ2n) is 4.81. The number of aliphatic hydroxyl groups excluding tert-OH is 1. The van der Waals surface area contributed by atoms with Crippen molar-refractivity contribution in [3.8, 4) is 0 Å². The summed E-state index contributed by atoms with van der Waals surface area (Å²) in [6.07, 6.45) is -0.226. The molecule has 1 unspecified atom stereocenters. The first-order chi connectivity index (χ1) is 6.41. The Morgan fingerprint density at radius 1 is 1.00 bits per heavy atom. The van der Waals surface area contributed by atoms with E-state index in [4.69, 9.17) is 0 Å². The van der Waals surface area contributed by atoms with Crippen LogP contribution in [0.1, 0.15) is 20.8 Å². The molecule has 0 aliphatic heterocycles. The van der Waals surface area contributed by atoms with Crippen molar-refractivity contribution in [3.63, 3.8) is 0 Å². The van der Waals surface area contributed by atoms with Gasteiger partial charge in [-0.25, -0.2) is 0 Å². The third-order valence-electron chi connectivity index (χ3n) is 2.01. The molecule has 1 N–H and O–H groups in total. The number of hydrogen-bond donors (Lipinski definition) is 1. The molecule has 86 valence electrons. The molecule has 3 heteroatoms. The Kier molecular flexibility index (Phi) is 7.15. The first-order valence-electron chi connectivity index (χ1n) is 5.47. The molecule has 0 bridgehead atoms. The van der Waals surface area contributed by atoms with Gasteiger partial charge >= 0.3 is 0 Å². The maximum atomic E-state index is 9.35. The second-order valence-corrected chi connectivity index (χ2v) is 4.81. The fourth-order valence-corrected chi connectivity index (χ4v) is 1.49. The molecule has 0 rings (SSSR count). The fraction of sp³-hybridized carbons (Fsp3) is 1.00. The molecule has 3 nitrogen and oxygen atoms in total. The molecule has 0 aromatic carbocycles. The van der Waals surface area contributed by atoms with E-state index >= 15 is 0 Å². The normalized spacial score (nSPS) is 14.4. The van der Waals surface area contributed by atoms with Crippen LogP contribution in [0.4, 0.5) is 0 Å². The molecule has 0 radical (unpaired) electrons. The Balaban J connectivity index is 3.84. The van der Waals surface area contributed by atoms with Gasteiger partial charge in [0, 0.05) is 26.2 Å². The maximum Gasteiger partial charge on any atom is 0.0639 e. The lowest BCUT2D eigenvalue weighted by Gasteiger charge is -2.26. The first kappa shape index (κ1) is 13.9. The highest BCUT2D eigenvalue weighted by Crippen LogP contribution is 2.00. The van der Waals surface area contributed by atoms with Gasteiger partial charge in [0.05, 0.1) is 6.10 Å². The van der Waals surface area contributed by atoms with Crippen molar-refractivity contribution in [3.05, 3.63) is 0 Å². The zero-order chi connectivity index (χ0) is 11.1. The molecule has 1 atom stereocenters. The van der Waals surface area contributed by atoms with Crippen LogP contribution in [0.25, 0.3) is 0 Å². The van der Waals surface area contributed by atoms with Crippen molar-refractivity contribution in [1.82, 2.24) is 9.80 Å². The Morgan fingerprint density at radius 2 is 1.57 bits per heavy atom. The quantitative estimate of drug-likeness (QED) is 0.664. The van der Waals surface area contributed by atoms with Gasteiger partial charge in [-0.15, -0.1) is 0 Å². The molecule has 0 heterocycles. The summed E-state index contributed by atoms with van der Waals surface area (Å²) < 4.78 is 0. The average Bonchev–Trinajstić information content (AvgIpc) is 1.97. The van der Waals surface area contributed by atoms with Crippen LogP contribution < -0.4 is 0 Å². The highest BCUT2D eigenvalue weighted by Gasteiger charge is 2.09. The summed E-state index contributed by atoms with van der Waals surface area (Å²) in [6.45, 7) is 10.2. The van der Waals surface area contributed by atoms with Crippen molar-refractivity contribution in [2.75, 3.05) is 40.3 Å². The van der Waals surface area contributed by atoms with Crippen LogP contribution in [0, 0.1) is 5.92 Å². The molecule has 0 saturated carbocycles. The van der Waals surface area contributed by atoms with Crippen LogP contribution in [0.2, 0.25) is 0 Å². The van der Waals surface area contributed by atoms with Gasteiger partial charge in [-0.2, -0.15) is 0 Å². The van der Waals surface area contributed by atoms with E-state index < -0.39 is 0 Å². The van der Waals surface area contributed by atoms with Crippen LogP contribution in [0.15, 0.2) is 0 Å². The summed E-state index contributed by atoms with van der Waals surface area (Å²) >= 11 is 0. The SMILES string of the molecule is CC(C)CN(CCN(C)C)CC(C)O. The average molecular weight is 202 g/mol. The molecule has 0 saturated heterocycles. The minimum absolute atomic E-state index is 0.226. The van der Waals surface area contributed by atoms with Crippen LogP contribution >= 0.6 is 0 Å². The Labute approximate surface area is 88.7 Å². The monoisotopic (exact) mass is 202 g/mol. The summed E-state index contributed by atoms with van der Waals surface area (Å²) in [4.78, 5) is 4.50. The van der Waals surface area contributed by atoms with E-state index in [0.717, 1.165) is 26.2 Å². The van der Waals surface area contributed by atoms with Crippen molar-refractivity contribution >= 4 is 0 Å². The number of hydrogen-bond acceptors (Lipinski definition) is 3. The lowest BCUT2D eigenvalue weighted by molar-refractivity contribution is 0.113. The van der Waals surface area contributed by atoms with Crippen LogP contribution in [0.3, 0.4) is 0 Å². The zero-order valence-electron chi connectivity index (χ0n) is 10.3. The largest absolute Gasteiger partial charge is 0.392 e. The number of nitrogens with zero attached hydrogens (tertiary/aromatic N) is 2. The van der Waals surface area contributed by atoms with Gasteiger partial charge in [-0.05, 0) is 26.9 Å². The molecular formula is C11H26N2O. The van der Waals surface area contributed by atoms with Crippen molar-refractivity contribution < 1.29 is 5.11 Å². The molecule has 0 aromatic heterocycles. The molecule has 0 fully saturated rings. The van der Waals surface area contributed by atoms with Gasteiger partial charge in [-0.3, -0.25) is 4.90 Å². The topological polar surface area (TPSA) is 26.7 Å². The zero-order valence-corrected chi connectivity index (χ0v) is 10.3. The van der Waals surface area contributed by atoms with Gasteiger partial charge in [0.1, 0.15) is 0 Å². The molecular weight excluding hydrogens is 176 g/mol. The summed E-state index contributed by atoms with van der Waals surface area (Å²) in [6, 6.07) is 0. The summed E-state index contributed by atoms with van der Waals surface area (Å²) in [5.41, 5.74) is 0. The van der Waals surface area contributed by atoms with Crippen molar-refractivity contribution in [1.29, 1.82) is 0 Å². The molecule has 0 aromatic rings. The Morgan fingerprint density at radius 3 is 1.93 bits per heavy atom. The van der Waals surface area contributed by atoms with E-state index in [2.05, 4.69) is 37.7 Å². The van der Waals surface area contributed by atoms with Gasteiger partial charge < -0.3 is 10.0 Å². The highest BCUT2D eigenvalue weighted by atomic mass is 16.3. The predicted octanol–water partition coefficient (Wildman–Crippen LogP) is 0.887. The van der Waals surface area contributed by atoms with Gasteiger partial charge in [0.2, 0.25) is 0 Å². The van der Waals surface area contributed by atoms with E-state index in [-0.39, 0.29) is 6.10 Å². The van der Waals surface area contributed by atoms with Gasteiger partial charge in [-0.1, -0.05) is 13.8 Å². The van der Waals surface area contributed by atoms with E-state index in [0.29, 0.717) is 5.92 Å². The first-order valence-corrected chi connectivity index (χ1v) is 5.47. The Bertz CT molecular complexity index is 125. The minimum Gasteiger partial charge on any atom is -0.392 e. The van der Waals surface area contributed by atoms with Crippen LogP contribution in [-0.2, 0) is 0 Å². The molecule has 0 aliphatic carbocycles. The maximum absolute atomic E-state index is 9.35. The Hall–Kier alpha value is -0.120. The molecule has 0 spiro atoms. The predicted molar refractivity (Wildman–Crippen MR) is 61.5 cm³/mol. The minimum atomic E-state index is -0.226. The van der Waals surface area contributed by atoms with Crippen LogP contribution in [0.5, 0.6) is 0 Å². The third-order valence-corrected chi connectivity index (χ3v) is 2.01. The van der Waals surface area contributed by atoms with Crippen molar-refractivity contribution in [2.24, 2.45) is 5.92 Å². The lowest BCUT2D eigenvalue weighted by atomic mass is 10.2. The summed E-state index contributed by atoms with van der Waals surface area (Å²) in [5, 5.41) is 9.35. The van der Waals surface area contributed by atoms with Crippen LogP contribution in [-0.4, -0.2) is 61.3 Å². The molecule has 0 aliphatic rings. The van der Waals surface area contributed by atoms with E-state index in [1.54, 1.807) is 0 Å². The second kappa shape index (κ2) is 7.21. The molecule has 14 heavy (non-hydrogen) atoms. The number of rotatable bonds is 7.